The van der Waals surface area contributed by atoms with Crippen LogP contribution in [-0.2, 0) is 0 Å². The van der Waals surface area contributed by atoms with E-state index in [0.29, 0.717) is 10.2 Å². The van der Waals surface area contributed by atoms with Crippen LogP contribution in [0.2, 0.25) is 0 Å². The van der Waals surface area contributed by atoms with E-state index in [9.17, 15) is 5.11 Å². The van der Waals surface area contributed by atoms with Gasteiger partial charge in [-0.05, 0) is 27.4 Å². The molecule has 2 aromatic carbocycles. The number of benzene rings is 2. The second kappa shape index (κ2) is 2.92. The van der Waals surface area contributed by atoms with Crippen LogP contribution in [-0.4, -0.2) is 5.11 Å². The van der Waals surface area contributed by atoms with Crippen LogP contribution >= 0.6 is 15.9 Å². The van der Waals surface area contributed by atoms with E-state index < -0.39 is 0 Å². The molecule has 2 aromatic rings. The van der Waals surface area contributed by atoms with Gasteiger partial charge in [0.25, 0.3) is 0 Å². The molecule has 0 saturated carbocycles. The molecule has 0 bridgehead atoms. The summed E-state index contributed by atoms with van der Waals surface area (Å²) in [6, 6.07) is 9.52. The molecule has 0 amide bonds. The summed E-state index contributed by atoms with van der Waals surface area (Å²) < 4.78 is 0.628. The lowest BCUT2D eigenvalue weighted by Gasteiger charge is -2.05. The molecule has 0 heterocycles. The quantitative estimate of drug-likeness (QED) is 0.547. The number of phenols is 1. The first-order valence-corrected chi connectivity index (χ1v) is 4.65. The number of anilines is 1. The van der Waals surface area contributed by atoms with Crippen LogP contribution in [0.1, 0.15) is 0 Å². The van der Waals surface area contributed by atoms with Crippen molar-refractivity contribution in [3.05, 3.63) is 34.8 Å². The first kappa shape index (κ1) is 8.38. The number of hydrogen-bond acceptors (Lipinski definition) is 2. The van der Waals surface area contributed by atoms with Gasteiger partial charge in [-0.1, -0.05) is 24.3 Å². The normalized spacial score (nSPS) is 10.5. The van der Waals surface area contributed by atoms with Crippen molar-refractivity contribution in [2.45, 2.75) is 0 Å². The smallest absolute Gasteiger partial charge is 0.153 e. The summed E-state index contributed by atoms with van der Waals surface area (Å²) in [7, 11) is 0. The highest BCUT2D eigenvalue weighted by Gasteiger charge is 2.06. The molecule has 0 aliphatic rings. The number of hydrogen-bond donors (Lipinski definition) is 2. The van der Waals surface area contributed by atoms with Gasteiger partial charge in [0.15, 0.2) is 5.75 Å². The summed E-state index contributed by atoms with van der Waals surface area (Å²) in [6.07, 6.45) is 0. The van der Waals surface area contributed by atoms with Gasteiger partial charge in [0.2, 0.25) is 0 Å². The molecule has 2 rings (SSSR count). The molecule has 0 spiro atoms. The maximum Gasteiger partial charge on any atom is 0.153 e. The molecule has 0 unspecified atom stereocenters. The minimum Gasteiger partial charge on any atom is -0.505 e. The van der Waals surface area contributed by atoms with Gasteiger partial charge in [-0.15, -0.1) is 0 Å². The Morgan fingerprint density at radius 3 is 2.69 bits per heavy atom. The summed E-state index contributed by atoms with van der Waals surface area (Å²) >= 11 is 3.24. The molecule has 0 fully saturated rings. The maximum atomic E-state index is 9.53. The largest absolute Gasteiger partial charge is 0.505 e. The molecule has 0 radical (unpaired) electrons. The molecule has 3 heteroatoms. The first-order chi connectivity index (χ1) is 6.20. The predicted molar refractivity (Wildman–Crippen MR) is 57.7 cm³/mol. The summed E-state index contributed by atoms with van der Waals surface area (Å²) in [5.41, 5.74) is 6.16. The molecule has 0 atom stereocenters. The highest BCUT2D eigenvalue weighted by atomic mass is 79.9. The predicted octanol–water partition coefficient (Wildman–Crippen LogP) is 2.89. The van der Waals surface area contributed by atoms with Crippen LogP contribution in [0.3, 0.4) is 0 Å². The van der Waals surface area contributed by atoms with Crippen molar-refractivity contribution >= 4 is 32.4 Å². The molecular formula is C10H8BrNO. The number of rotatable bonds is 0. The second-order valence-electron chi connectivity index (χ2n) is 2.84. The number of phenolic OH excluding ortho intramolecular Hbond substituents is 1. The fourth-order valence-corrected chi connectivity index (χ4v) is 1.79. The van der Waals surface area contributed by atoms with Gasteiger partial charge in [0.05, 0.1) is 10.2 Å². The van der Waals surface area contributed by atoms with Crippen molar-refractivity contribution < 1.29 is 5.11 Å². The monoisotopic (exact) mass is 237 g/mol. The lowest BCUT2D eigenvalue weighted by atomic mass is 10.1. The summed E-state index contributed by atoms with van der Waals surface area (Å²) in [4.78, 5) is 0. The fraction of sp³-hybridized carbons (Fsp3) is 0. The Bertz CT molecular complexity index is 468. The van der Waals surface area contributed by atoms with Crippen molar-refractivity contribution in [1.82, 2.24) is 0 Å². The highest BCUT2D eigenvalue weighted by Crippen LogP contribution is 2.36. The molecule has 0 aliphatic carbocycles. The number of fused-ring (bicyclic) bond motifs is 1. The van der Waals surface area contributed by atoms with Gasteiger partial charge in [-0.2, -0.15) is 0 Å². The van der Waals surface area contributed by atoms with Crippen molar-refractivity contribution in [3.8, 4) is 5.75 Å². The van der Waals surface area contributed by atoms with E-state index >= 15 is 0 Å². The van der Waals surface area contributed by atoms with E-state index in [1.807, 2.05) is 30.3 Å². The molecule has 66 valence electrons. The zero-order chi connectivity index (χ0) is 9.42. The van der Waals surface area contributed by atoms with E-state index in [0.717, 1.165) is 10.8 Å². The molecular weight excluding hydrogens is 230 g/mol. The third-order valence-electron chi connectivity index (χ3n) is 2.01. The Labute approximate surface area is 84.1 Å². The maximum absolute atomic E-state index is 9.53. The van der Waals surface area contributed by atoms with E-state index in [1.165, 1.54) is 0 Å². The third kappa shape index (κ3) is 1.25. The van der Waals surface area contributed by atoms with Crippen LogP contribution < -0.4 is 5.73 Å². The molecule has 13 heavy (non-hydrogen) atoms. The van der Waals surface area contributed by atoms with Gasteiger partial charge in [0.1, 0.15) is 0 Å². The summed E-state index contributed by atoms with van der Waals surface area (Å²) in [5, 5.41) is 11.4. The van der Waals surface area contributed by atoms with Gasteiger partial charge < -0.3 is 10.8 Å². The van der Waals surface area contributed by atoms with E-state index in [2.05, 4.69) is 15.9 Å². The van der Waals surface area contributed by atoms with Gasteiger partial charge in [-0.25, -0.2) is 0 Å². The summed E-state index contributed by atoms with van der Waals surface area (Å²) in [5.74, 6) is 0.110. The SMILES string of the molecule is Nc1c(O)c(Br)cc2ccccc12. The summed E-state index contributed by atoms with van der Waals surface area (Å²) in [6.45, 7) is 0. The minimum absolute atomic E-state index is 0.110. The average molecular weight is 238 g/mol. The van der Waals surface area contributed by atoms with E-state index in [4.69, 9.17) is 5.73 Å². The lowest BCUT2D eigenvalue weighted by molar-refractivity contribution is 0.475. The number of halogens is 1. The zero-order valence-corrected chi connectivity index (χ0v) is 8.38. The van der Waals surface area contributed by atoms with E-state index in [1.54, 1.807) is 0 Å². The standard InChI is InChI=1S/C10H8BrNO/c11-8-5-6-3-1-2-4-7(6)9(12)10(8)13/h1-5,13H,12H2. The van der Waals surface area contributed by atoms with Gasteiger partial charge in [-0.3, -0.25) is 0 Å². The topological polar surface area (TPSA) is 46.2 Å². The van der Waals surface area contributed by atoms with Crippen LogP contribution in [0.5, 0.6) is 5.75 Å². The Balaban J connectivity index is 2.94. The van der Waals surface area contributed by atoms with Gasteiger partial charge >= 0.3 is 0 Å². The molecule has 0 saturated heterocycles. The van der Waals surface area contributed by atoms with Crippen molar-refractivity contribution in [2.75, 3.05) is 5.73 Å². The molecule has 3 N–H and O–H groups in total. The van der Waals surface area contributed by atoms with Crippen molar-refractivity contribution in [1.29, 1.82) is 0 Å². The zero-order valence-electron chi connectivity index (χ0n) is 6.79. The Hall–Kier alpha value is -1.22. The number of nitrogens with two attached hydrogens (primary N) is 1. The van der Waals surface area contributed by atoms with Crippen LogP contribution in [0.25, 0.3) is 10.8 Å². The fourth-order valence-electron chi connectivity index (χ4n) is 1.33. The molecule has 2 nitrogen and oxygen atoms in total. The number of nitrogen functional groups attached to an aromatic ring is 1. The van der Waals surface area contributed by atoms with Crippen LogP contribution in [0.15, 0.2) is 34.8 Å². The molecule has 0 aliphatic heterocycles. The Morgan fingerprint density at radius 1 is 1.23 bits per heavy atom. The number of aromatic hydroxyl groups is 1. The minimum atomic E-state index is 0.110. The van der Waals surface area contributed by atoms with Crippen LogP contribution in [0.4, 0.5) is 5.69 Å². The first-order valence-electron chi connectivity index (χ1n) is 3.86. The molecule has 0 aromatic heterocycles. The third-order valence-corrected chi connectivity index (χ3v) is 2.62. The lowest BCUT2D eigenvalue weighted by Crippen LogP contribution is -1.88. The van der Waals surface area contributed by atoms with Crippen molar-refractivity contribution in [2.24, 2.45) is 0 Å². The highest BCUT2D eigenvalue weighted by molar-refractivity contribution is 9.10. The van der Waals surface area contributed by atoms with Crippen LogP contribution in [0, 0.1) is 0 Å². The van der Waals surface area contributed by atoms with Gasteiger partial charge in [0, 0.05) is 5.39 Å². The Morgan fingerprint density at radius 2 is 1.92 bits per heavy atom. The van der Waals surface area contributed by atoms with Crippen molar-refractivity contribution in [3.63, 3.8) is 0 Å². The Kier molecular flexibility index (Phi) is 1.88. The van der Waals surface area contributed by atoms with E-state index in [-0.39, 0.29) is 5.75 Å². The average Bonchev–Trinajstić information content (AvgIpc) is 2.15. The second-order valence-corrected chi connectivity index (χ2v) is 3.70.